The molecule has 0 amide bonds. The van der Waals surface area contributed by atoms with E-state index in [1.165, 1.54) is 12.8 Å². The number of morpholine rings is 1. The molecule has 0 aromatic carbocycles. The lowest BCUT2D eigenvalue weighted by Gasteiger charge is -2.41. The summed E-state index contributed by atoms with van der Waals surface area (Å²) in [5.74, 6) is 1.67. The van der Waals surface area contributed by atoms with Crippen molar-refractivity contribution in [2.24, 2.45) is 0 Å². The maximum Gasteiger partial charge on any atom is 0.229 e. The van der Waals surface area contributed by atoms with Crippen LogP contribution < -0.4 is 10.6 Å². The van der Waals surface area contributed by atoms with Crippen LogP contribution in [0.5, 0.6) is 0 Å². The van der Waals surface area contributed by atoms with Gasteiger partial charge >= 0.3 is 0 Å². The van der Waals surface area contributed by atoms with E-state index in [4.69, 9.17) is 10.5 Å². The number of hydrogen-bond acceptors (Lipinski definition) is 8. The molecule has 0 aliphatic carbocycles. The number of hydrogen-bond donors (Lipinski definition) is 1. The third-order valence-corrected chi connectivity index (χ3v) is 4.80. The summed E-state index contributed by atoms with van der Waals surface area (Å²) in [4.78, 5) is 19.8. The molecular weight excluding hydrogens is 306 g/mol. The van der Waals surface area contributed by atoms with Gasteiger partial charge in [-0.25, -0.2) is 0 Å². The van der Waals surface area contributed by atoms with Gasteiger partial charge < -0.3 is 15.4 Å². The average Bonchev–Trinajstić information content (AvgIpc) is 2.55. The first-order chi connectivity index (χ1) is 11.5. The third kappa shape index (κ3) is 4.31. The summed E-state index contributed by atoms with van der Waals surface area (Å²) in [7, 11) is 3.82. The molecule has 0 saturated carbocycles. The van der Waals surface area contributed by atoms with E-state index in [0.717, 1.165) is 45.2 Å². The van der Waals surface area contributed by atoms with E-state index in [1.807, 2.05) is 19.0 Å². The van der Waals surface area contributed by atoms with E-state index in [2.05, 4.69) is 31.7 Å². The van der Waals surface area contributed by atoms with Gasteiger partial charge in [0.1, 0.15) is 5.82 Å². The number of nitrogens with two attached hydrogens (primary N) is 1. The van der Waals surface area contributed by atoms with Crippen LogP contribution in [0.1, 0.15) is 25.6 Å². The molecule has 2 N–H and O–H groups in total. The van der Waals surface area contributed by atoms with Crippen LogP contribution in [-0.2, 0) is 11.3 Å². The smallest absolute Gasteiger partial charge is 0.229 e. The summed E-state index contributed by atoms with van der Waals surface area (Å²) in [5, 5.41) is 0. The Balaban J connectivity index is 1.54. The van der Waals surface area contributed by atoms with Crippen molar-refractivity contribution < 1.29 is 4.74 Å². The fourth-order valence-electron chi connectivity index (χ4n) is 3.52. The van der Waals surface area contributed by atoms with Gasteiger partial charge in [-0.05, 0) is 19.8 Å². The summed E-state index contributed by atoms with van der Waals surface area (Å²) < 4.78 is 5.65. The minimum atomic E-state index is 0.292. The summed E-state index contributed by atoms with van der Waals surface area (Å²) in [6.07, 6.45) is 2.73. The number of anilines is 2. The molecule has 2 saturated heterocycles. The number of rotatable bonds is 4. The van der Waals surface area contributed by atoms with Gasteiger partial charge in [-0.15, -0.1) is 0 Å². The lowest BCUT2D eigenvalue weighted by molar-refractivity contribution is -0.0438. The second-order valence-corrected chi connectivity index (χ2v) is 6.99. The minimum absolute atomic E-state index is 0.292. The highest BCUT2D eigenvalue weighted by atomic mass is 16.5. The van der Waals surface area contributed by atoms with E-state index in [1.54, 1.807) is 0 Å². The first-order valence-corrected chi connectivity index (χ1v) is 8.77. The van der Waals surface area contributed by atoms with Crippen molar-refractivity contribution in [1.82, 2.24) is 24.8 Å². The molecular formula is C16H29N7O. The lowest BCUT2D eigenvalue weighted by Crippen LogP contribution is -2.50. The van der Waals surface area contributed by atoms with Gasteiger partial charge in [0, 0.05) is 46.3 Å². The van der Waals surface area contributed by atoms with E-state index in [0.29, 0.717) is 24.0 Å². The third-order valence-electron chi connectivity index (χ3n) is 4.80. The molecule has 0 spiro atoms. The van der Waals surface area contributed by atoms with Gasteiger partial charge in [0.15, 0.2) is 0 Å². The first-order valence-electron chi connectivity index (χ1n) is 8.77. The van der Waals surface area contributed by atoms with Crippen molar-refractivity contribution in [3.8, 4) is 0 Å². The van der Waals surface area contributed by atoms with Gasteiger partial charge in [0.2, 0.25) is 11.9 Å². The summed E-state index contributed by atoms with van der Waals surface area (Å²) >= 11 is 0. The Morgan fingerprint density at radius 3 is 2.58 bits per heavy atom. The van der Waals surface area contributed by atoms with E-state index >= 15 is 0 Å². The monoisotopic (exact) mass is 335 g/mol. The Bertz CT molecular complexity index is 545. The molecule has 8 nitrogen and oxygen atoms in total. The van der Waals surface area contributed by atoms with Crippen molar-refractivity contribution in [3.05, 3.63) is 5.82 Å². The number of aromatic nitrogens is 3. The number of nitrogens with zero attached hydrogens (tertiary/aromatic N) is 6. The molecule has 0 radical (unpaired) electrons. The molecule has 1 aromatic heterocycles. The summed E-state index contributed by atoms with van der Waals surface area (Å²) in [6, 6.07) is 0.674. The second-order valence-electron chi connectivity index (χ2n) is 6.99. The molecule has 3 rings (SSSR count). The fraction of sp³-hybridized carbons (Fsp3) is 0.812. The zero-order valence-corrected chi connectivity index (χ0v) is 15.0. The van der Waals surface area contributed by atoms with Crippen LogP contribution in [0.3, 0.4) is 0 Å². The highest BCUT2D eigenvalue weighted by Gasteiger charge is 2.28. The zero-order valence-electron chi connectivity index (χ0n) is 15.0. The Hall–Kier alpha value is -1.51. The Labute approximate surface area is 144 Å². The van der Waals surface area contributed by atoms with Crippen LogP contribution in [0, 0.1) is 0 Å². The molecule has 24 heavy (non-hydrogen) atoms. The fourth-order valence-corrected chi connectivity index (χ4v) is 3.52. The Morgan fingerprint density at radius 1 is 1.17 bits per heavy atom. The highest BCUT2D eigenvalue weighted by molar-refractivity contribution is 5.32. The quantitative estimate of drug-likeness (QED) is 0.836. The van der Waals surface area contributed by atoms with Gasteiger partial charge in [0.05, 0.1) is 19.3 Å². The summed E-state index contributed by atoms with van der Waals surface area (Å²) in [6.45, 7) is 8.01. The number of piperidine rings is 1. The standard InChI is InChI=1S/C16H29N7O/c1-12-10-23(8-9-24-12)13-4-6-22(7-5-13)11-14-18-15(17)20-16(19-14)21(2)3/h12-13H,4-11H2,1-3H3,(H2,17,18,19,20). The Morgan fingerprint density at radius 2 is 1.92 bits per heavy atom. The molecule has 2 fully saturated rings. The van der Waals surface area contributed by atoms with Crippen molar-refractivity contribution in [2.45, 2.75) is 38.5 Å². The number of likely N-dealkylation sites (tertiary alicyclic amines) is 1. The molecule has 0 bridgehead atoms. The second kappa shape index (κ2) is 7.58. The molecule has 8 heteroatoms. The number of ether oxygens (including phenoxy) is 1. The first kappa shape index (κ1) is 17.3. The summed E-state index contributed by atoms with van der Waals surface area (Å²) in [5.41, 5.74) is 5.81. The van der Waals surface area contributed by atoms with E-state index in [9.17, 15) is 0 Å². The van der Waals surface area contributed by atoms with E-state index in [-0.39, 0.29) is 0 Å². The highest BCUT2D eigenvalue weighted by Crippen LogP contribution is 2.20. The molecule has 1 aromatic rings. The minimum Gasteiger partial charge on any atom is -0.376 e. The number of nitrogen functional groups attached to an aromatic ring is 1. The van der Waals surface area contributed by atoms with Gasteiger partial charge in [0.25, 0.3) is 0 Å². The van der Waals surface area contributed by atoms with Crippen molar-refractivity contribution in [3.63, 3.8) is 0 Å². The van der Waals surface area contributed by atoms with Crippen molar-refractivity contribution in [2.75, 3.05) is 57.5 Å². The molecule has 1 atom stereocenters. The van der Waals surface area contributed by atoms with Crippen molar-refractivity contribution in [1.29, 1.82) is 0 Å². The predicted molar refractivity (Wildman–Crippen MR) is 93.9 cm³/mol. The Kier molecular flexibility index (Phi) is 5.47. The zero-order chi connectivity index (χ0) is 17.1. The van der Waals surface area contributed by atoms with Gasteiger partial charge in [-0.2, -0.15) is 15.0 Å². The maximum absolute atomic E-state index is 5.81. The van der Waals surface area contributed by atoms with Crippen LogP contribution in [-0.4, -0.2) is 83.8 Å². The molecule has 2 aliphatic heterocycles. The SMILES string of the molecule is CC1CN(C2CCN(Cc3nc(N)nc(N(C)C)n3)CC2)CCO1. The molecule has 1 unspecified atom stereocenters. The molecule has 3 heterocycles. The lowest BCUT2D eigenvalue weighted by atomic mass is 10.0. The maximum atomic E-state index is 5.81. The van der Waals surface area contributed by atoms with Crippen molar-refractivity contribution >= 4 is 11.9 Å². The van der Waals surface area contributed by atoms with E-state index < -0.39 is 0 Å². The molecule has 134 valence electrons. The van der Waals surface area contributed by atoms with Gasteiger partial charge in [-0.1, -0.05) is 0 Å². The van der Waals surface area contributed by atoms with Crippen LogP contribution in [0.15, 0.2) is 0 Å². The predicted octanol–water partition coefficient (Wildman–Crippen LogP) is 0.205. The van der Waals surface area contributed by atoms with Crippen LogP contribution in [0.2, 0.25) is 0 Å². The van der Waals surface area contributed by atoms with Crippen LogP contribution in [0.25, 0.3) is 0 Å². The molecule has 2 aliphatic rings. The largest absolute Gasteiger partial charge is 0.376 e. The van der Waals surface area contributed by atoms with Crippen LogP contribution >= 0.6 is 0 Å². The van der Waals surface area contributed by atoms with Gasteiger partial charge in [-0.3, -0.25) is 9.80 Å². The normalized spacial score (nSPS) is 24.2. The topological polar surface area (TPSA) is 83.6 Å². The van der Waals surface area contributed by atoms with Crippen LogP contribution in [0.4, 0.5) is 11.9 Å². The average molecular weight is 335 g/mol.